The zero-order valence-electron chi connectivity index (χ0n) is 10.1. The van der Waals surface area contributed by atoms with Gasteiger partial charge in [-0.25, -0.2) is 4.98 Å². The monoisotopic (exact) mass is 238 g/mol. The van der Waals surface area contributed by atoms with Gasteiger partial charge in [0.15, 0.2) is 0 Å². The van der Waals surface area contributed by atoms with E-state index in [2.05, 4.69) is 9.55 Å². The molecule has 17 heavy (non-hydrogen) atoms. The second kappa shape index (κ2) is 5.31. The highest BCUT2D eigenvalue weighted by atomic mass is 16.5. The molecular weight excluding hydrogens is 220 g/mol. The van der Waals surface area contributed by atoms with Crippen molar-refractivity contribution >= 4 is 5.97 Å². The lowest BCUT2D eigenvalue weighted by atomic mass is 9.96. The van der Waals surface area contributed by atoms with Crippen LogP contribution in [0.25, 0.3) is 0 Å². The van der Waals surface area contributed by atoms with E-state index in [0.717, 1.165) is 37.5 Å². The molecule has 0 aliphatic carbocycles. The summed E-state index contributed by atoms with van der Waals surface area (Å²) in [5.41, 5.74) is 1.05. The van der Waals surface area contributed by atoms with Gasteiger partial charge in [-0.15, -0.1) is 0 Å². The standard InChI is InChI=1S/C12H18N2O3/c1-17-6-2-3-11-13-8-10-7-9(12(15)16)4-5-14(10)11/h8-9H,2-7H2,1H3,(H,15,16). The third kappa shape index (κ3) is 2.66. The molecule has 0 bridgehead atoms. The molecule has 0 aromatic carbocycles. The van der Waals surface area contributed by atoms with E-state index in [4.69, 9.17) is 9.84 Å². The molecule has 1 atom stereocenters. The molecule has 2 rings (SSSR count). The Morgan fingerprint density at radius 1 is 1.71 bits per heavy atom. The first kappa shape index (κ1) is 12.1. The van der Waals surface area contributed by atoms with Crippen LogP contribution in [0.5, 0.6) is 0 Å². The molecule has 5 nitrogen and oxygen atoms in total. The molecule has 0 saturated heterocycles. The number of aryl methyl sites for hydroxylation is 1. The average Bonchev–Trinajstić information content (AvgIpc) is 2.72. The number of aromatic nitrogens is 2. The number of fused-ring (bicyclic) bond motifs is 1. The van der Waals surface area contributed by atoms with E-state index in [1.54, 1.807) is 7.11 Å². The summed E-state index contributed by atoms with van der Waals surface area (Å²) in [6.07, 6.45) is 4.97. The molecule has 0 saturated carbocycles. The van der Waals surface area contributed by atoms with Gasteiger partial charge in [0.1, 0.15) is 5.82 Å². The molecule has 0 fully saturated rings. The lowest BCUT2D eigenvalue weighted by molar-refractivity contribution is -0.142. The van der Waals surface area contributed by atoms with E-state index < -0.39 is 5.97 Å². The molecule has 2 heterocycles. The average molecular weight is 238 g/mol. The van der Waals surface area contributed by atoms with Crippen LogP contribution in [0.15, 0.2) is 6.20 Å². The Kier molecular flexibility index (Phi) is 3.78. The number of aliphatic carboxylic acids is 1. The predicted molar refractivity (Wildman–Crippen MR) is 61.9 cm³/mol. The maximum atomic E-state index is 10.9. The number of methoxy groups -OCH3 is 1. The minimum Gasteiger partial charge on any atom is -0.481 e. The minimum absolute atomic E-state index is 0.244. The van der Waals surface area contributed by atoms with Crippen molar-refractivity contribution in [2.75, 3.05) is 13.7 Å². The molecule has 0 radical (unpaired) electrons. The van der Waals surface area contributed by atoms with Crippen LogP contribution in [-0.2, 0) is 28.9 Å². The van der Waals surface area contributed by atoms with Gasteiger partial charge in [-0.1, -0.05) is 0 Å². The zero-order chi connectivity index (χ0) is 12.3. The SMILES string of the molecule is COCCCc1ncc2n1CCC(C(=O)O)C2. The van der Waals surface area contributed by atoms with Gasteiger partial charge in [0.25, 0.3) is 0 Å². The first-order valence-corrected chi connectivity index (χ1v) is 5.97. The van der Waals surface area contributed by atoms with Gasteiger partial charge in [0.05, 0.1) is 5.92 Å². The topological polar surface area (TPSA) is 64.4 Å². The van der Waals surface area contributed by atoms with Crippen molar-refractivity contribution in [1.82, 2.24) is 9.55 Å². The van der Waals surface area contributed by atoms with Crippen LogP contribution in [0, 0.1) is 5.92 Å². The summed E-state index contributed by atoms with van der Waals surface area (Å²) in [5.74, 6) is 0.116. The van der Waals surface area contributed by atoms with Gasteiger partial charge >= 0.3 is 5.97 Å². The molecule has 1 aliphatic heterocycles. The number of carboxylic acids is 1. The molecular formula is C12H18N2O3. The summed E-state index contributed by atoms with van der Waals surface area (Å²) in [6, 6.07) is 0. The number of carboxylic acid groups (broad SMARTS) is 1. The van der Waals surface area contributed by atoms with E-state index in [-0.39, 0.29) is 5.92 Å². The maximum Gasteiger partial charge on any atom is 0.306 e. The zero-order valence-corrected chi connectivity index (χ0v) is 10.1. The number of imidazole rings is 1. The smallest absolute Gasteiger partial charge is 0.306 e. The molecule has 94 valence electrons. The fraction of sp³-hybridized carbons (Fsp3) is 0.667. The molecule has 1 aromatic rings. The van der Waals surface area contributed by atoms with Crippen molar-refractivity contribution < 1.29 is 14.6 Å². The Morgan fingerprint density at radius 3 is 3.24 bits per heavy atom. The fourth-order valence-corrected chi connectivity index (χ4v) is 2.31. The normalized spacial score (nSPS) is 19.0. The number of nitrogens with zero attached hydrogens (tertiary/aromatic N) is 2. The van der Waals surface area contributed by atoms with Crippen molar-refractivity contribution in [2.45, 2.75) is 32.2 Å². The highest BCUT2D eigenvalue weighted by Gasteiger charge is 2.25. The summed E-state index contributed by atoms with van der Waals surface area (Å²) in [4.78, 5) is 15.3. The second-order valence-electron chi connectivity index (χ2n) is 4.44. The van der Waals surface area contributed by atoms with E-state index in [0.29, 0.717) is 12.8 Å². The third-order valence-electron chi connectivity index (χ3n) is 3.28. The van der Waals surface area contributed by atoms with Gasteiger partial charge in [-0.2, -0.15) is 0 Å². The first-order chi connectivity index (χ1) is 8.22. The largest absolute Gasteiger partial charge is 0.481 e. The summed E-state index contributed by atoms with van der Waals surface area (Å²) in [5, 5.41) is 9.00. The Balaban J connectivity index is 2.02. The minimum atomic E-state index is -0.696. The fourth-order valence-electron chi connectivity index (χ4n) is 2.31. The van der Waals surface area contributed by atoms with Crippen molar-refractivity contribution in [2.24, 2.45) is 5.92 Å². The Morgan fingerprint density at radius 2 is 2.53 bits per heavy atom. The number of hydrogen-bond acceptors (Lipinski definition) is 3. The van der Waals surface area contributed by atoms with Crippen LogP contribution >= 0.6 is 0 Å². The maximum absolute atomic E-state index is 10.9. The Hall–Kier alpha value is -1.36. The van der Waals surface area contributed by atoms with E-state index in [1.165, 1.54) is 0 Å². The molecule has 5 heteroatoms. The number of ether oxygens (including phenoxy) is 1. The van der Waals surface area contributed by atoms with Crippen molar-refractivity contribution in [1.29, 1.82) is 0 Å². The first-order valence-electron chi connectivity index (χ1n) is 5.97. The second-order valence-corrected chi connectivity index (χ2v) is 4.44. The lowest BCUT2D eigenvalue weighted by Crippen LogP contribution is -2.26. The third-order valence-corrected chi connectivity index (χ3v) is 3.28. The summed E-state index contributed by atoms with van der Waals surface area (Å²) in [7, 11) is 1.69. The Labute approximate surface area is 100 Å². The van der Waals surface area contributed by atoms with Crippen molar-refractivity contribution in [3.8, 4) is 0 Å². The molecule has 1 aliphatic rings. The van der Waals surface area contributed by atoms with E-state index in [9.17, 15) is 4.79 Å². The quantitative estimate of drug-likeness (QED) is 0.780. The van der Waals surface area contributed by atoms with E-state index >= 15 is 0 Å². The van der Waals surface area contributed by atoms with Crippen LogP contribution in [0.4, 0.5) is 0 Å². The number of rotatable bonds is 5. The summed E-state index contributed by atoms with van der Waals surface area (Å²) >= 11 is 0. The van der Waals surface area contributed by atoms with Crippen LogP contribution < -0.4 is 0 Å². The predicted octanol–water partition coefficient (Wildman–Crippen LogP) is 1.11. The van der Waals surface area contributed by atoms with Gasteiger partial charge in [-0.05, 0) is 12.8 Å². The Bertz CT molecular complexity index is 400. The van der Waals surface area contributed by atoms with Crippen LogP contribution in [-0.4, -0.2) is 34.3 Å². The summed E-state index contributed by atoms with van der Waals surface area (Å²) < 4.78 is 7.18. The molecule has 1 N–H and O–H groups in total. The van der Waals surface area contributed by atoms with E-state index in [1.807, 2.05) is 6.20 Å². The van der Waals surface area contributed by atoms with Gasteiger partial charge in [0, 0.05) is 45.0 Å². The van der Waals surface area contributed by atoms with Gasteiger partial charge < -0.3 is 14.4 Å². The van der Waals surface area contributed by atoms with Crippen LogP contribution in [0.1, 0.15) is 24.4 Å². The molecule has 0 spiro atoms. The highest BCUT2D eigenvalue weighted by Crippen LogP contribution is 2.22. The summed E-state index contributed by atoms with van der Waals surface area (Å²) in [6.45, 7) is 1.51. The highest BCUT2D eigenvalue weighted by molar-refractivity contribution is 5.70. The molecule has 1 unspecified atom stereocenters. The number of hydrogen-bond donors (Lipinski definition) is 1. The lowest BCUT2D eigenvalue weighted by Gasteiger charge is -2.21. The van der Waals surface area contributed by atoms with Gasteiger partial charge in [0.2, 0.25) is 0 Å². The number of carbonyl (C=O) groups is 1. The van der Waals surface area contributed by atoms with Gasteiger partial charge in [-0.3, -0.25) is 4.79 Å². The van der Waals surface area contributed by atoms with Crippen molar-refractivity contribution in [3.63, 3.8) is 0 Å². The molecule has 1 aromatic heterocycles. The van der Waals surface area contributed by atoms with Crippen molar-refractivity contribution in [3.05, 3.63) is 17.7 Å². The van der Waals surface area contributed by atoms with Crippen LogP contribution in [0.3, 0.4) is 0 Å². The molecule has 0 amide bonds. The van der Waals surface area contributed by atoms with Crippen LogP contribution in [0.2, 0.25) is 0 Å².